The number of rotatable bonds is 5. The van der Waals surface area contributed by atoms with E-state index in [0.29, 0.717) is 0 Å². The van der Waals surface area contributed by atoms with Gasteiger partial charge in [-0.15, -0.1) is 0 Å². The van der Waals surface area contributed by atoms with E-state index in [9.17, 15) is 9.59 Å². The number of nitrogens with zero attached hydrogens (tertiary/aromatic N) is 1. The molecule has 1 aliphatic rings. The van der Waals surface area contributed by atoms with Crippen LogP contribution in [0.1, 0.15) is 37.2 Å². The predicted octanol–water partition coefficient (Wildman–Crippen LogP) is 0.998. The van der Waals surface area contributed by atoms with Gasteiger partial charge in [-0.2, -0.15) is 0 Å². The Bertz CT molecular complexity index is 465. The lowest BCUT2D eigenvalue weighted by Crippen LogP contribution is -2.51. The zero-order chi connectivity index (χ0) is 15.2. The maximum absolute atomic E-state index is 12.1. The summed E-state index contributed by atoms with van der Waals surface area (Å²) in [6.45, 7) is 6.89. The molecule has 1 unspecified atom stereocenters. The van der Waals surface area contributed by atoms with Crippen molar-refractivity contribution in [2.45, 2.75) is 38.8 Å². The van der Waals surface area contributed by atoms with Crippen LogP contribution in [-0.4, -0.2) is 48.4 Å². The lowest BCUT2D eigenvalue weighted by atomic mass is 10.0. The van der Waals surface area contributed by atoms with Crippen LogP contribution in [-0.2, 0) is 4.79 Å². The van der Waals surface area contributed by atoms with Gasteiger partial charge in [-0.1, -0.05) is 6.92 Å². The van der Waals surface area contributed by atoms with Crippen molar-refractivity contribution >= 4 is 11.8 Å². The van der Waals surface area contributed by atoms with Gasteiger partial charge < -0.3 is 20.0 Å². The number of nitrogens with one attached hydrogen (secondary N) is 2. The van der Waals surface area contributed by atoms with Crippen LogP contribution in [0, 0.1) is 0 Å². The molecule has 6 nitrogen and oxygen atoms in total. The summed E-state index contributed by atoms with van der Waals surface area (Å²) in [5, 5.41) is 5.64. The number of carbonyl (C=O) groups is 2. The van der Waals surface area contributed by atoms with Gasteiger partial charge in [0, 0.05) is 19.1 Å². The highest BCUT2D eigenvalue weighted by atomic mass is 16.3. The minimum atomic E-state index is -0.577. The summed E-state index contributed by atoms with van der Waals surface area (Å²) in [6.07, 6.45) is 3.35. The van der Waals surface area contributed by atoms with Gasteiger partial charge in [0.05, 0.1) is 6.26 Å². The first kappa shape index (κ1) is 15.6. The third-order valence-corrected chi connectivity index (χ3v) is 3.87. The molecule has 1 atom stereocenters. The largest absolute Gasteiger partial charge is 0.459 e. The Kier molecular flexibility index (Phi) is 5.38. The van der Waals surface area contributed by atoms with Crippen molar-refractivity contribution in [2.24, 2.45) is 0 Å². The maximum Gasteiger partial charge on any atom is 0.287 e. The highest BCUT2D eigenvalue weighted by Crippen LogP contribution is 2.10. The van der Waals surface area contributed by atoms with E-state index in [-0.39, 0.29) is 23.6 Å². The molecule has 1 aromatic heterocycles. The van der Waals surface area contributed by atoms with Crippen molar-refractivity contribution in [3.8, 4) is 0 Å². The SMILES string of the molecule is CCN1CCC(NC(=O)C(C)NC(=O)c2ccco2)CC1. The lowest BCUT2D eigenvalue weighted by molar-refractivity contribution is -0.123. The number of hydrogen-bond donors (Lipinski definition) is 2. The fourth-order valence-corrected chi connectivity index (χ4v) is 2.46. The average Bonchev–Trinajstić information content (AvgIpc) is 3.02. The molecule has 0 aliphatic carbocycles. The van der Waals surface area contributed by atoms with E-state index in [1.807, 2.05) is 0 Å². The molecule has 2 rings (SSSR count). The second-order valence-electron chi connectivity index (χ2n) is 5.39. The fraction of sp³-hybridized carbons (Fsp3) is 0.600. The minimum Gasteiger partial charge on any atom is -0.459 e. The molecule has 0 bridgehead atoms. The van der Waals surface area contributed by atoms with E-state index in [1.54, 1.807) is 19.1 Å². The Hall–Kier alpha value is -1.82. The van der Waals surface area contributed by atoms with Crippen LogP contribution in [0.5, 0.6) is 0 Å². The third-order valence-electron chi connectivity index (χ3n) is 3.87. The number of furan rings is 1. The molecule has 0 saturated carbocycles. The Morgan fingerprint density at radius 3 is 2.71 bits per heavy atom. The molecule has 2 N–H and O–H groups in total. The lowest BCUT2D eigenvalue weighted by Gasteiger charge is -2.32. The normalized spacial score (nSPS) is 18.2. The third kappa shape index (κ3) is 4.32. The summed E-state index contributed by atoms with van der Waals surface area (Å²) in [5.41, 5.74) is 0. The highest BCUT2D eigenvalue weighted by molar-refractivity contribution is 5.95. The Morgan fingerprint density at radius 1 is 1.43 bits per heavy atom. The van der Waals surface area contributed by atoms with E-state index in [0.717, 1.165) is 32.5 Å². The van der Waals surface area contributed by atoms with Crippen LogP contribution in [0.15, 0.2) is 22.8 Å². The van der Waals surface area contributed by atoms with Gasteiger partial charge in [0.2, 0.25) is 5.91 Å². The van der Waals surface area contributed by atoms with Crippen molar-refractivity contribution in [3.05, 3.63) is 24.2 Å². The molecular formula is C15H23N3O3. The number of piperidine rings is 1. The molecule has 0 spiro atoms. The molecule has 2 amide bonds. The topological polar surface area (TPSA) is 74.6 Å². The molecule has 1 aromatic rings. The van der Waals surface area contributed by atoms with Gasteiger partial charge in [-0.3, -0.25) is 9.59 Å². The molecule has 1 fully saturated rings. The standard InChI is InChI=1S/C15H23N3O3/c1-3-18-8-6-12(7-9-18)17-14(19)11(2)16-15(20)13-5-4-10-21-13/h4-5,10-12H,3,6-9H2,1-2H3,(H,16,20)(H,17,19). The number of hydrogen-bond acceptors (Lipinski definition) is 4. The van der Waals surface area contributed by atoms with Crippen LogP contribution in [0.4, 0.5) is 0 Å². The van der Waals surface area contributed by atoms with Crippen molar-refractivity contribution in [1.29, 1.82) is 0 Å². The maximum atomic E-state index is 12.1. The van der Waals surface area contributed by atoms with Gasteiger partial charge in [0.15, 0.2) is 5.76 Å². The zero-order valence-corrected chi connectivity index (χ0v) is 12.6. The van der Waals surface area contributed by atoms with Crippen molar-refractivity contribution in [3.63, 3.8) is 0 Å². The summed E-state index contributed by atoms with van der Waals surface area (Å²) < 4.78 is 5.00. The first-order valence-electron chi connectivity index (χ1n) is 7.47. The van der Waals surface area contributed by atoms with Crippen LogP contribution in [0.3, 0.4) is 0 Å². The molecule has 0 radical (unpaired) electrons. The fourth-order valence-electron chi connectivity index (χ4n) is 2.46. The summed E-state index contributed by atoms with van der Waals surface area (Å²) >= 11 is 0. The summed E-state index contributed by atoms with van der Waals surface area (Å²) in [7, 11) is 0. The molecule has 1 aliphatic heterocycles. The molecule has 0 aromatic carbocycles. The quantitative estimate of drug-likeness (QED) is 0.849. The highest BCUT2D eigenvalue weighted by Gasteiger charge is 2.23. The van der Waals surface area contributed by atoms with Gasteiger partial charge in [0.1, 0.15) is 6.04 Å². The predicted molar refractivity (Wildman–Crippen MR) is 78.9 cm³/mol. The molecule has 2 heterocycles. The van der Waals surface area contributed by atoms with E-state index >= 15 is 0 Å². The van der Waals surface area contributed by atoms with Crippen LogP contribution in [0.25, 0.3) is 0 Å². The molecule has 21 heavy (non-hydrogen) atoms. The van der Waals surface area contributed by atoms with Gasteiger partial charge in [-0.05, 0) is 38.4 Å². The summed E-state index contributed by atoms with van der Waals surface area (Å²) in [6, 6.07) is 2.83. The number of amides is 2. The van der Waals surface area contributed by atoms with E-state index in [4.69, 9.17) is 4.42 Å². The average molecular weight is 293 g/mol. The first-order chi connectivity index (χ1) is 10.1. The second-order valence-corrected chi connectivity index (χ2v) is 5.39. The summed E-state index contributed by atoms with van der Waals surface area (Å²) in [4.78, 5) is 26.3. The van der Waals surface area contributed by atoms with E-state index < -0.39 is 6.04 Å². The van der Waals surface area contributed by atoms with Crippen molar-refractivity contribution < 1.29 is 14.0 Å². The Labute approximate surface area is 124 Å². The Morgan fingerprint density at radius 2 is 2.14 bits per heavy atom. The van der Waals surface area contributed by atoms with Gasteiger partial charge in [0.25, 0.3) is 5.91 Å². The zero-order valence-electron chi connectivity index (χ0n) is 12.6. The van der Waals surface area contributed by atoms with Crippen LogP contribution < -0.4 is 10.6 Å². The van der Waals surface area contributed by atoms with Gasteiger partial charge in [-0.25, -0.2) is 0 Å². The Balaban J connectivity index is 1.76. The minimum absolute atomic E-state index is 0.148. The smallest absolute Gasteiger partial charge is 0.287 e. The monoisotopic (exact) mass is 293 g/mol. The molecule has 1 saturated heterocycles. The van der Waals surface area contributed by atoms with Crippen LogP contribution >= 0.6 is 0 Å². The molecule has 116 valence electrons. The molecular weight excluding hydrogens is 270 g/mol. The number of carbonyl (C=O) groups excluding carboxylic acids is 2. The van der Waals surface area contributed by atoms with Crippen LogP contribution in [0.2, 0.25) is 0 Å². The first-order valence-corrected chi connectivity index (χ1v) is 7.47. The number of likely N-dealkylation sites (tertiary alicyclic amines) is 1. The molecule has 6 heteroatoms. The van der Waals surface area contributed by atoms with Crippen molar-refractivity contribution in [1.82, 2.24) is 15.5 Å². The second kappa shape index (κ2) is 7.26. The van der Waals surface area contributed by atoms with E-state index in [2.05, 4.69) is 22.5 Å². The summed E-state index contributed by atoms with van der Waals surface area (Å²) in [5.74, 6) is -0.306. The van der Waals surface area contributed by atoms with Gasteiger partial charge >= 0.3 is 0 Å². The van der Waals surface area contributed by atoms with E-state index in [1.165, 1.54) is 6.26 Å². The van der Waals surface area contributed by atoms with Crippen molar-refractivity contribution in [2.75, 3.05) is 19.6 Å².